The van der Waals surface area contributed by atoms with Crippen molar-refractivity contribution in [3.63, 3.8) is 0 Å². The van der Waals surface area contributed by atoms with Gasteiger partial charge >= 0.3 is 0 Å². The summed E-state index contributed by atoms with van der Waals surface area (Å²) in [6.45, 7) is 8.48. The maximum Gasteiger partial charge on any atom is 0.192 e. The summed E-state index contributed by atoms with van der Waals surface area (Å²) in [6, 6.07) is 11.0. The molecule has 1 fully saturated rings. The molecule has 0 amide bonds. The fraction of sp³-hybridized carbons (Fsp3) is 0.480. The van der Waals surface area contributed by atoms with Gasteiger partial charge in [-0.25, -0.2) is 4.98 Å². The second kappa shape index (κ2) is 9.78. The van der Waals surface area contributed by atoms with E-state index in [1.54, 1.807) is 0 Å². The molecule has 172 valence electrons. The predicted molar refractivity (Wildman–Crippen MR) is 133 cm³/mol. The molecule has 0 spiro atoms. The molecule has 3 aromatic rings. The van der Waals surface area contributed by atoms with Gasteiger partial charge in [0.25, 0.3) is 0 Å². The van der Waals surface area contributed by atoms with Crippen molar-refractivity contribution in [2.24, 2.45) is 0 Å². The van der Waals surface area contributed by atoms with Crippen LogP contribution in [0.1, 0.15) is 74.7 Å². The molecule has 1 aliphatic carbocycles. The average Bonchev–Trinajstić information content (AvgIpc) is 3.53. The lowest BCUT2D eigenvalue weighted by Gasteiger charge is -2.20. The fourth-order valence-electron chi connectivity index (χ4n) is 4.17. The van der Waals surface area contributed by atoms with Gasteiger partial charge in [0.05, 0.1) is 11.8 Å². The second-order valence-corrected chi connectivity index (χ2v) is 11.4. The molecule has 8 heteroatoms. The summed E-state index contributed by atoms with van der Waals surface area (Å²) in [7, 11) is 0. The summed E-state index contributed by atoms with van der Waals surface area (Å²) >= 11 is 2.74. The molecular weight excluding hydrogens is 450 g/mol. The Morgan fingerprint density at radius 3 is 2.52 bits per heavy atom. The Kier molecular flexibility index (Phi) is 7.01. The normalized spacial score (nSPS) is 15.5. The number of rotatable bonds is 7. The minimum absolute atomic E-state index is 0.0896. The lowest BCUT2D eigenvalue weighted by molar-refractivity contribution is -0.116. The van der Waals surface area contributed by atoms with Gasteiger partial charge in [-0.15, -0.1) is 21.5 Å². The number of nitriles is 1. The minimum atomic E-state index is -0.830. The molecule has 4 rings (SSSR count). The fourth-order valence-corrected chi connectivity index (χ4v) is 5.94. The van der Waals surface area contributed by atoms with Gasteiger partial charge in [0, 0.05) is 22.7 Å². The monoisotopic (exact) mass is 479 g/mol. The first-order valence-electron chi connectivity index (χ1n) is 11.3. The van der Waals surface area contributed by atoms with Crippen molar-refractivity contribution in [3.05, 3.63) is 45.9 Å². The number of benzene rings is 1. The zero-order valence-electron chi connectivity index (χ0n) is 19.5. The topological polar surface area (TPSA) is 84.5 Å². The van der Waals surface area contributed by atoms with Gasteiger partial charge in [-0.3, -0.25) is 9.36 Å². The van der Waals surface area contributed by atoms with Gasteiger partial charge in [-0.2, -0.15) is 5.26 Å². The van der Waals surface area contributed by atoms with E-state index in [1.165, 1.54) is 41.5 Å². The quantitative estimate of drug-likeness (QED) is 0.381. The first-order valence-corrected chi connectivity index (χ1v) is 13.2. The molecule has 6 nitrogen and oxygen atoms in total. The van der Waals surface area contributed by atoms with Crippen LogP contribution in [0.2, 0.25) is 0 Å². The molecule has 0 N–H and O–H groups in total. The molecule has 0 unspecified atom stereocenters. The first kappa shape index (κ1) is 23.7. The molecule has 1 atom stereocenters. The predicted octanol–water partition coefficient (Wildman–Crippen LogP) is 6.09. The first-order chi connectivity index (χ1) is 15.8. The molecule has 2 aromatic heterocycles. The van der Waals surface area contributed by atoms with Crippen LogP contribution >= 0.6 is 23.1 Å². The van der Waals surface area contributed by atoms with Crippen LogP contribution < -0.4 is 0 Å². The van der Waals surface area contributed by atoms with Crippen LogP contribution in [0.5, 0.6) is 0 Å². The van der Waals surface area contributed by atoms with E-state index in [1.807, 2.05) is 12.3 Å². The molecule has 33 heavy (non-hydrogen) atoms. The molecular formula is C25H29N5OS2. The molecule has 0 aliphatic heterocycles. The lowest BCUT2D eigenvalue weighted by Crippen LogP contribution is -2.14. The third-order valence-corrected chi connectivity index (χ3v) is 8.03. The zero-order chi connectivity index (χ0) is 23.6. The van der Waals surface area contributed by atoms with Crippen molar-refractivity contribution >= 4 is 28.9 Å². The van der Waals surface area contributed by atoms with Gasteiger partial charge in [-0.1, -0.05) is 69.6 Å². The van der Waals surface area contributed by atoms with E-state index in [9.17, 15) is 10.1 Å². The summed E-state index contributed by atoms with van der Waals surface area (Å²) in [4.78, 5) is 17.2. The number of aromatic nitrogens is 4. The molecule has 0 bridgehead atoms. The van der Waals surface area contributed by atoms with Crippen molar-refractivity contribution in [1.82, 2.24) is 19.7 Å². The number of hydrogen-bond acceptors (Lipinski definition) is 7. The number of carbonyl (C=O) groups excluding carboxylic acids is 1. The Morgan fingerprint density at radius 1 is 1.24 bits per heavy atom. The van der Waals surface area contributed by atoms with Crippen LogP contribution in [0.4, 0.5) is 0 Å². The van der Waals surface area contributed by atoms with E-state index in [0.717, 1.165) is 35.1 Å². The number of thioether (sulfide) groups is 1. The van der Waals surface area contributed by atoms with E-state index < -0.39 is 5.92 Å². The highest BCUT2D eigenvalue weighted by Gasteiger charge is 2.28. The number of hydrogen-bond donors (Lipinski definition) is 0. The van der Waals surface area contributed by atoms with Gasteiger partial charge in [0.1, 0.15) is 5.01 Å². The van der Waals surface area contributed by atoms with Crippen LogP contribution in [-0.4, -0.2) is 31.3 Å². The van der Waals surface area contributed by atoms with Gasteiger partial charge in [0.15, 0.2) is 22.7 Å². The molecule has 0 radical (unpaired) electrons. The average molecular weight is 480 g/mol. The van der Waals surface area contributed by atoms with Crippen molar-refractivity contribution in [1.29, 1.82) is 5.26 Å². The Labute approximate surface area is 203 Å². The van der Waals surface area contributed by atoms with Crippen LogP contribution in [0.3, 0.4) is 0 Å². The molecule has 0 saturated heterocycles. The largest absolute Gasteiger partial charge is 0.299 e. The Bertz CT molecular complexity index is 1160. The minimum Gasteiger partial charge on any atom is -0.299 e. The van der Waals surface area contributed by atoms with E-state index in [0.29, 0.717) is 11.0 Å². The molecule has 1 saturated carbocycles. The maximum atomic E-state index is 12.9. The number of nitrogens with zero attached hydrogens (tertiary/aromatic N) is 5. The van der Waals surface area contributed by atoms with Crippen LogP contribution in [0.15, 0.2) is 34.8 Å². The van der Waals surface area contributed by atoms with E-state index >= 15 is 0 Å². The highest BCUT2D eigenvalue weighted by molar-refractivity contribution is 7.99. The summed E-state index contributed by atoms with van der Waals surface area (Å²) in [5, 5.41) is 21.8. The Morgan fingerprint density at radius 2 is 1.94 bits per heavy atom. The molecule has 1 aliphatic rings. The Hall–Kier alpha value is -2.50. The van der Waals surface area contributed by atoms with E-state index in [4.69, 9.17) is 0 Å². The zero-order valence-corrected chi connectivity index (χ0v) is 21.2. The summed E-state index contributed by atoms with van der Waals surface area (Å²) < 4.78 is 2.21. The second-order valence-electron chi connectivity index (χ2n) is 9.59. The van der Waals surface area contributed by atoms with Crippen LogP contribution in [-0.2, 0) is 10.2 Å². The van der Waals surface area contributed by atoms with Crippen molar-refractivity contribution in [3.8, 4) is 17.5 Å². The number of thiazole rings is 1. The van der Waals surface area contributed by atoms with Gasteiger partial charge < -0.3 is 0 Å². The standard InChI is InChI=1S/C25H29N5OS2/c1-16-14-32-23(27-16)20(13-26)21(31)15-33-24-29-28-22(30(24)19-7-5-6-8-19)17-9-11-18(12-10-17)25(2,3)4/h9-12,14,19-20H,5-8,15H2,1-4H3/t20-/m0/s1. The summed E-state index contributed by atoms with van der Waals surface area (Å²) in [5.41, 5.74) is 3.23. The molecule has 1 aromatic carbocycles. The van der Waals surface area contributed by atoms with E-state index in [2.05, 4.69) is 70.9 Å². The maximum absolute atomic E-state index is 12.9. The smallest absolute Gasteiger partial charge is 0.192 e. The highest BCUT2D eigenvalue weighted by Crippen LogP contribution is 2.37. The van der Waals surface area contributed by atoms with Crippen molar-refractivity contribution in [2.45, 2.75) is 75.9 Å². The summed E-state index contributed by atoms with van der Waals surface area (Å²) in [6.07, 6.45) is 4.56. The third-order valence-electron chi connectivity index (χ3n) is 6.04. The number of aryl methyl sites for hydroxylation is 1. The van der Waals surface area contributed by atoms with Gasteiger partial charge in [0.2, 0.25) is 0 Å². The number of ketones is 1. The van der Waals surface area contributed by atoms with E-state index in [-0.39, 0.29) is 17.0 Å². The lowest BCUT2D eigenvalue weighted by atomic mass is 9.86. The summed E-state index contributed by atoms with van der Waals surface area (Å²) in [5.74, 6) is 0.0482. The van der Waals surface area contributed by atoms with Crippen LogP contribution in [0, 0.1) is 18.3 Å². The highest BCUT2D eigenvalue weighted by atomic mass is 32.2. The SMILES string of the molecule is Cc1csc([C@@H](C#N)C(=O)CSc2nnc(-c3ccc(C(C)(C)C)cc3)n2C2CCCC2)n1. The van der Waals surface area contributed by atoms with Crippen molar-refractivity contribution < 1.29 is 4.79 Å². The van der Waals surface area contributed by atoms with Gasteiger partial charge in [-0.05, 0) is 30.7 Å². The number of carbonyl (C=O) groups is 1. The molecule has 2 heterocycles. The van der Waals surface area contributed by atoms with Crippen molar-refractivity contribution in [2.75, 3.05) is 5.75 Å². The third kappa shape index (κ3) is 5.20. The Balaban J connectivity index is 1.58. The number of Topliss-reactive ketones (excluding diaryl/α,β-unsaturated/α-hetero) is 1. The van der Waals surface area contributed by atoms with Crippen LogP contribution in [0.25, 0.3) is 11.4 Å².